The molecule has 0 heterocycles. The van der Waals surface area contributed by atoms with E-state index in [9.17, 15) is 9.59 Å². The number of hydrazine groups is 2. The van der Waals surface area contributed by atoms with Gasteiger partial charge in [0.25, 0.3) is 5.91 Å². The third-order valence-electron chi connectivity index (χ3n) is 4.18. The molecular formula is C19H17BrClN5O3. The number of rotatable bonds is 4. The van der Waals surface area contributed by atoms with Gasteiger partial charge in [0.05, 0.1) is 23.0 Å². The number of hydrogen-bond acceptors (Lipinski definition) is 5. The number of hydrogen-bond donors (Lipinski definition) is 4. The van der Waals surface area contributed by atoms with Gasteiger partial charge >= 0.3 is 6.03 Å². The number of amides is 3. The van der Waals surface area contributed by atoms with E-state index in [1.807, 2.05) is 17.6 Å². The summed E-state index contributed by atoms with van der Waals surface area (Å²) < 4.78 is 5.81. The first-order valence-corrected chi connectivity index (χ1v) is 9.44. The third kappa shape index (κ3) is 4.43. The molecule has 0 saturated carbocycles. The average Bonchev–Trinajstić information content (AvgIpc) is 2.72. The van der Waals surface area contributed by atoms with E-state index in [0.29, 0.717) is 20.8 Å². The predicted octanol–water partition coefficient (Wildman–Crippen LogP) is 3.78. The van der Waals surface area contributed by atoms with Crippen LogP contribution in [0.25, 0.3) is 10.8 Å². The smallest absolute Gasteiger partial charge is 0.350 e. The molecule has 8 nitrogen and oxygen atoms in total. The average molecular weight is 479 g/mol. The van der Waals surface area contributed by atoms with E-state index in [2.05, 4.69) is 21.2 Å². The Morgan fingerprint density at radius 3 is 2.48 bits per heavy atom. The van der Waals surface area contributed by atoms with Crippen LogP contribution in [0, 0.1) is 0 Å². The SMILES string of the molecule is COc1cc(NC(=O)c2ccc3cc(Cl)ccc3c2)c(N(N)C(=O)NN)cc1Br. The van der Waals surface area contributed by atoms with Crippen LogP contribution in [0.5, 0.6) is 5.75 Å². The third-order valence-corrected chi connectivity index (χ3v) is 5.04. The van der Waals surface area contributed by atoms with Crippen LogP contribution in [0.3, 0.4) is 0 Å². The number of fused-ring (bicyclic) bond motifs is 1. The van der Waals surface area contributed by atoms with Gasteiger partial charge in [-0.05, 0) is 57.0 Å². The number of nitrogens with two attached hydrogens (primary N) is 2. The van der Waals surface area contributed by atoms with Crippen LogP contribution < -0.4 is 32.2 Å². The van der Waals surface area contributed by atoms with Gasteiger partial charge in [0, 0.05) is 16.7 Å². The quantitative estimate of drug-likeness (QED) is 0.258. The van der Waals surface area contributed by atoms with Crippen molar-refractivity contribution >= 4 is 61.6 Å². The maximum absolute atomic E-state index is 12.8. The lowest BCUT2D eigenvalue weighted by Gasteiger charge is -2.21. The largest absolute Gasteiger partial charge is 0.495 e. The van der Waals surface area contributed by atoms with Gasteiger partial charge in [-0.3, -0.25) is 10.2 Å². The molecule has 0 fully saturated rings. The predicted molar refractivity (Wildman–Crippen MR) is 117 cm³/mol. The van der Waals surface area contributed by atoms with E-state index in [4.69, 9.17) is 28.0 Å². The maximum Gasteiger partial charge on any atom is 0.350 e. The number of methoxy groups -OCH3 is 1. The van der Waals surface area contributed by atoms with Crippen molar-refractivity contribution in [3.63, 3.8) is 0 Å². The summed E-state index contributed by atoms with van der Waals surface area (Å²) in [5, 5.41) is 5.92. The van der Waals surface area contributed by atoms with Crippen LogP contribution in [0.2, 0.25) is 5.02 Å². The van der Waals surface area contributed by atoms with E-state index in [1.54, 1.807) is 30.3 Å². The molecule has 0 aliphatic carbocycles. The zero-order chi connectivity index (χ0) is 21.1. The normalized spacial score (nSPS) is 10.5. The minimum absolute atomic E-state index is 0.210. The molecule has 0 radical (unpaired) electrons. The van der Waals surface area contributed by atoms with Crippen molar-refractivity contribution < 1.29 is 14.3 Å². The molecule has 150 valence electrons. The highest BCUT2D eigenvalue weighted by Crippen LogP contribution is 2.36. The molecule has 29 heavy (non-hydrogen) atoms. The molecule has 0 unspecified atom stereocenters. The summed E-state index contributed by atoms with van der Waals surface area (Å²) in [5.41, 5.74) is 2.83. The highest BCUT2D eigenvalue weighted by molar-refractivity contribution is 9.10. The van der Waals surface area contributed by atoms with Crippen molar-refractivity contribution in [2.45, 2.75) is 0 Å². The second-order valence-corrected chi connectivity index (χ2v) is 7.27. The van der Waals surface area contributed by atoms with Gasteiger partial charge in [0.15, 0.2) is 0 Å². The highest BCUT2D eigenvalue weighted by atomic mass is 79.9. The van der Waals surface area contributed by atoms with Gasteiger partial charge < -0.3 is 10.1 Å². The number of nitrogens with one attached hydrogen (secondary N) is 2. The monoisotopic (exact) mass is 477 g/mol. The van der Waals surface area contributed by atoms with Crippen molar-refractivity contribution in [3.8, 4) is 5.75 Å². The van der Waals surface area contributed by atoms with Gasteiger partial charge in [-0.2, -0.15) is 0 Å². The molecule has 0 saturated heterocycles. The topological polar surface area (TPSA) is 123 Å². The Hall–Kier alpha value is -2.85. The first-order chi connectivity index (χ1) is 13.8. The molecule has 0 bridgehead atoms. The van der Waals surface area contributed by atoms with Crippen LogP contribution in [-0.2, 0) is 0 Å². The zero-order valence-corrected chi connectivity index (χ0v) is 17.5. The van der Waals surface area contributed by atoms with Crippen LogP contribution in [0.4, 0.5) is 16.2 Å². The van der Waals surface area contributed by atoms with Crippen LogP contribution in [0.1, 0.15) is 10.4 Å². The van der Waals surface area contributed by atoms with Crippen LogP contribution >= 0.6 is 27.5 Å². The molecular weight excluding hydrogens is 462 g/mol. The standard InChI is InChI=1S/C19H17BrClN5O3/c1-29-17-9-15(16(8-14(17)20)26(23)19(28)25-22)24-18(27)12-3-2-11-7-13(21)5-4-10(11)6-12/h2-9H,22-23H2,1H3,(H,24,27)(H,25,28). The Kier molecular flexibility index (Phi) is 6.23. The van der Waals surface area contributed by atoms with Gasteiger partial charge in [-0.1, -0.05) is 23.7 Å². The second kappa shape index (κ2) is 8.66. The summed E-state index contributed by atoms with van der Waals surface area (Å²) in [7, 11) is 1.48. The molecule has 0 aromatic heterocycles. The molecule has 10 heteroatoms. The number of halogens is 2. The molecule has 0 aliphatic rings. The van der Waals surface area contributed by atoms with E-state index in [1.165, 1.54) is 13.2 Å². The lowest BCUT2D eigenvalue weighted by Crippen LogP contribution is -2.48. The number of ether oxygens (including phenoxy) is 1. The molecule has 6 N–H and O–H groups in total. The summed E-state index contributed by atoms with van der Waals surface area (Å²) in [5.74, 6) is 11.0. The number of carbonyl (C=O) groups excluding carboxylic acids is 2. The molecule has 3 rings (SSSR count). The first-order valence-electron chi connectivity index (χ1n) is 8.27. The number of nitrogens with zero attached hydrogens (tertiary/aromatic N) is 1. The first kappa shape index (κ1) is 20.9. The second-order valence-electron chi connectivity index (χ2n) is 5.98. The highest BCUT2D eigenvalue weighted by Gasteiger charge is 2.20. The van der Waals surface area contributed by atoms with Crippen molar-refractivity contribution in [1.82, 2.24) is 5.43 Å². The van der Waals surface area contributed by atoms with Crippen molar-refractivity contribution in [3.05, 3.63) is 63.6 Å². The Morgan fingerprint density at radius 2 is 1.79 bits per heavy atom. The summed E-state index contributed by atoms with van der Waals surface area (Å²) >= 11 is 9.33. The van der Waals surface area contributed by atoms with Crippen molar-refractivity contribution in [2.24, 2.45) is 11.7 Å². The van der Waals surface area contributed by atoms with E-state index in [-0.39, 0.29) is 11.4 Å². The number of anilines is 2. The summed E-state index contributed by atoms with van der Waals surface area (Å²) in [6.07, 6.45) is 0. The fourth-order valence-corrected chi connectivity index (χ4v) is 3.40. The van der Waals surface area contributed by atoms with Gasteiger partial charge in [-0.15, -0.1) is 0 Å². The van der Waals surface area contributed by atoms with Gasteiger partial charge in [-0.25, -0.2) is 21.5 Å². The summed E-state index contributed by atoms with van der Waals surface area (Å²) in [4.78, 5) is 24.7. The number of urea groups is 1. The minimum atomic E-state index is -0.764. The Labute approximate surface area is 179 Å². The van der Waals surface area contributed by atoms with Crippen molar-refractivity contribution in [1.29, 1.82) is 0 Å². The van der Waals surface area contributed by atoms with Gasteiger partial charge in [0.2, 0.25) is 0 Å². The summed E-state index contributed by atoms with van der Waals surface area (Å²) in [6.45, 7) is 0. The fraction of sp³-hybridized carbons (Fsp3) is 0.0526. The van der Waals surface area contributed by atoms with E-state index >= 15 is 0 Å². The lowest BCUT2D eigenvalue weighted by molar-refractivity contribution is 0.102. The number of benzene rings is 3. The van der Waals surface area contributed by atoms with E-state index in [0.717, 1.165) is 15.8 Å². The molecule has 3 aromatic rings. The molecule has 0 atom stereocenters. The summed E-state index contributed by atoms with van der Waals surface area (Å²) in [6, 6.07) is 12.9. The van der Waals surface area contributed by atoms with Gasteiger partial charge in [0.1, 0.15) is 5.75 Å². The molecule has 0 spiro atoms. The van der Waals surface area contributed by atoms with Crippen LogP contribution in [0.15, 0.2) is 53.0 Å². The molecule has 0 aliphatic heterocycles. The Balaban J connectivity index is 1.98. The van der Waals surface area contributed by atoms with Crippen molar-refractivity contribution in [2.75, 3.05) is 17.4 Å². The van der Waals surface area contributed by atoms with Crippen LogP contribution in [-0.4, -0.2) is 19.0 Å². The fourth-order valence-electron chi connectivity index (χ4n) is 2.73. The molecule has 3 aromatic carbocycles. The van der Waals surface area contributed by atoms with E-state index < -0.39 is 11.9 Å². The maximum atomic E-state index is 12.8. The minimum Gasteiger partial charge on any atom is -0.495 e. The number of carbonyl (C=O) groups is 2. The Morgan fingerprint density at radius 1 is 1.10 bits per heavy atom. The molecule has 3 amide bonds. The lowest BCUT2D eigenvalue weighted by atomic mass is 10.1. The Bertz CT molecular complexity index is 1110. The zero-order valence-electron chi connectivity index (χ0n) is 15.2.